The topological polar surface area (TPSA) is 110 Å². The Hall–Kier alpha value is -4.22. The molecular formula is C43H50N2O8. The number of hydrogen-bond acceptors (Lipinski definition) is 8. The molecule has 0 amide bonds. The second-order valence-electron chi connectivity index (χ2n) is 16.0. The summed E-state index contributed by atoms with van der Waals surface area (Å²) in [6.45, 7) is 7.75. The Morgan fingerprint density at radius 1 is 0.811 bits per heavy atom. The molecule has 3 aromatic carbocycles. The molecule has 2 saturated carbocycles. The van der Waals surface area contributed by atoms with Crippen molar-refractivity contribution in [2.45, 2.75) is 76.8 Å². The molecule has 8 atom stereocenters. The summed E-state index contributed by atoms with van der Waals surface area (Å²) in [4.78, 5) is 27.7. The van der Waals surface area contributed by atoms with E-state index in [9.17, 15) is 9.59 Å². The van der Waals surface area contributed by atoms with Crippen LogP contribution < -0.4 is 20.7 Å². The lowest BCUT2D eigenvalue weighted by molar-refractivity contribution is -0.180. The van der Waals surface area contributed by atoms with Gasteiger partial charge in [-0.3, -0.25) is 14.3 Å². The molecule has 280 valence electrons. The highest BCUT2D eigenvalue weighted by Gasteiger charge is 2.69. The number of methoxy groups -OCH3 is 2. The molecule has 10 heteroatoms. The van der Waals surface area contributed by atoms with Gasteiger partial charge in [-0.05, 0) is 82.9 Å². The van der Waals surface area contributed by atoms with Gasteiger partial charge in [0.1, 0.15) is 23.3 Å². The monoisotopic (exact) mass is 722 g/mol. The molecule has 53 heavy (non-hydrogen) atoms. The predicted molar refractivity (Wildman–Crippen MR) is 199 cm³/mol. The molecule has 1 aromatic heterocycles. The molecule has 2 bridgehead atoms. The summed E-state index contributed by atoms with van der Waals surface area (Å²) in [5, 5.41) is 0. The van der Waals surface area contributed by atoms with E-state index in [1.807, 2.05) is 66.7 Å². The second-order valence-corrected chi connectivity index (χ2v) is 16.0. The van der Waals surface area contributed by atoms with Gasteiger partial charge >= 0.3 is 5.69 Å². The van der Waals surface area contributed by atoms with E-state index >= 15 is 0 Å². The molecule has 3 heterocycles. The van der Waals surface area contributed by atoms with E-state index < -0.39 is 23.1 Å². The quantitative estimate of drug-likeness (QED) is 0.162. The van der Waals surface area contributed by atoms with Crippen molar-refractivity contribution in [2.75, 3.05) is 27.4 Å². The highest BCUT2D eigenvalue weighted by Crippen LogP contribution is 2.71. The average molecular weight is 723 g/mol. The standard InChI is InChI=1S/C43H50N2O8/c1-41(2)35-19-21-42(41,3)38-34(35)24-37(53-38)50-26-33-23-27(39(52-33)45-22-20-36(46)44-40(45)47)25-51-43(28-9-7-6-8-10-28,29-11-15-31(48-4)16-12-29)30-13-17-32(49-5)18-14-30/h6-18,20,22,27,33-35,37-39H,19,21,23-26H2,1-5H3,(H,44,46,47)/t27-,33-,34+,35+,37+,38+,39-,42-/m0/s1. The molecule has 2 aliphatic carbocycles. The summed E-state index contributed by atoms with van der Waals surface area (Å²) in [6.07, 6.45) is 4.30. The lowest BCUT2D eigenvalue weighted by atomic mass is 9.70. The van der Waals surface area contributed by atoms with Crippen molar-refractivity contribution in [3.63, 3.8) is 0 Å². The lowest BCUT2D eigenvalue weighted by Crippen LogP contribution is -2.38. The SMILES string of the molecule is COc1ccc(C(OC[C@@H]2C[C@@H](CO[C@H]3C[C@@H]4[C@H]5CC[C@@](C)([C@@H]4O3)C5(C)C)O[C@@H]2n2ccc(=O)[nH]c2=O)(c2ccccc2)c2ccc(OC)cc2)cc1. The minimum atomic E-state index is -1.05. The first-order valence-corrected chi connectivity index (χ1v) is 18.8. The lowest BCUT2D eigenvalue weighted by Gasteiger charge is -2.38. The van der Waals surface area contributed by atoms with Crippen molar-refractivity contribution >= 4 is 0 Å². The number of aromatic amines is 1. The van der Waals surface area contributed by atoms with Crippen LogP contribution in [0.25, 0.3) is 0 Å². The van der Waals surface area contributed by atoms with Crippen LogP contribution in [-0.2, 0) is 24.5 Å². The van der Waals surface area contributed by atoms with E-state index in [-0.39, 0.29) is 41.9 Å². The van der Waals surface area contributed by atoms with Crippen molar-refractivity contribution in [1.82, 2.24) is 9.55 Å². The molecule has 2 aliphatic heterocycles. The Balaban J connectivity index is 1.09. The van der Waals surface area contributed by atoms with Gasteiger partial charge in [-0.25, -0.2) is 4.79 Å². The maximum atomic E-state index is 13.2. The molecule has 4 fully saturated rings. The molecule has 1 N–H and O–H groups in total. The van der Waals surface area contributed by atoms with Crippen molar-refractivity contribution < 1.29 is 28.4 Å². The zero-order chi connectivity index (χ0) is 37.0. The number of nitrogens with zero attached hydrogens (tertiary/aromatic N) is 1. The van der Waals surface area contributed by atoms with Crippen LogP contribution in [0.4, 0.5) is 0 Å². The first-order valence-electron chi connectivity index (χ1n) is 18.8. The third-order valence-corrected chi connectivity index (χ3v) is 13.3. The van der Waals surface area contributed by atoms with Crippen LogP contribution in [0, 0.1) is 28.6 Å². The van der Waals surface area contributed by atoms with Crippen LogP contribution >= 0.6 is 0 Å². The fourth-order valence-electron chi connectivity index (χ4n) is 10.1. The second kappa shape index (κ2) is 13.9. The molecule has 10 nitrogen and oxygen atoms in total. The van der Waals surface area contributed by atoms with Crippen LogP contribution in [0.2, 0.25) is 0 Å². The molecule has 0 unspecified atom stereocenters. The number of aromatic nitrogens is 2. The summed E-state index contributed by atoms with van der Waals surface area (Å²) in [7, 11) is 3.29. The zero-order valence-corrected chi connectivity index (χ0v) is 31.2. The normalized spacial score (nSPS) is 30.0. The van der Waals surface area contributed by atoms with E-state index in [1.54, 1.807) is 14.2 Å². The van der Waals surface area contributed by atoms with E-state index in [4.69, 9.17) is 28.4 Å². The Bertz CT molecular complexity index is 1960. The van der Waals surface area contributed by atoms with Gasteiger partial charge in [0, 0.05) is 24.6 Å². The van der Waals surface area contributed by atoms with Crippen LogP contribution in [0.1, 0.15) is 69.4 Å². The zero-order valence-electron chi connectivity index (χ0n) is 31.2. The van der Waals surface area contributed by atoms with Crippen LogP contribution in [0.15, 0.2) is 101 Å². The number of benzene rings is 3. The van der Waals surface area contributed by atoms with Gasteiger partial charge in [0.2, 0.25) is 0 Å². The minimum Gasteiger partial charge on any atom is -0.497 e. The third-order valence-electron chi connectivity index (χ3n) is 13.3. The van der Waals surface area contributed by atoms with E-state index in [0.29, 0.717) is 24.9 Å². The van der Waals surface area contributed by atoms with Crippen molar-refractivity contribution in [1.29, 1.82) is 0 Å². The highest BCUT2D eigenvalue weighted by atomic mass is 16.7. The molecule has 0 spiro atoms. The molecule has 4 aromatic rings. The maximum absolute atomic E-state index is 13.2. The van der Waals surface area contributed by atoms with Gasteiger partial charge in [0.05, 0.1) is 39.6 Å². The van der Waals surface area contributed by atoms with Gasteiger partial charge in [0.25, 0.3) is 5.56 Å². The summed E-state index contributed by atoms with van der Waals surface area (Å²) in [6, 6.07) is 27.3. The Kier molecular flexibility index (Phi) is 9.38. The molecule has 8 rings (SSSR count). The first kappa shape index (κ1) is 35.8. The summed E-state index contributed by atoms with van der Waals surface area (Å²) < 4.78 is 39.5. The number of rotatable bonds is 12. The van der Waals surface area contributed by atoms with Crippen molar-refractivity contribution in [3.05, 3.63) is 129 Å². The van der Waals surface area contributed by atoms with Crippen molar-refractivity contribution in [2.24, 2.45) is 28.6 Å². The molecule has 0 radical (unpaired) electrons. The fraction of sp³-hybridized carbons (Fsp3) is 0.488. The van der Waals surface area contributed by atoms with Crippen LogP contribution in [0.3, 0.4) is 0 Å². The first-order chi connectivity index (χ1) is 25.6. The Labute approximate surface area is 310 Å². The number of H-pyrrole nitrogens is 1. The van der Waals surface area contributed by atoms with Gasteiger partial charge in [-0.2, -0.15) is 0 Å². The number of nitrogens with one attached hydrogen (secondary N) is 1. The largest absolute Gasteiger partial charge is 0.497 e. The van der Waals surface area contributed by atoms with Crippen LogP contribution in [-0.4, -0.2) is 55.5 Å². The van der Waals surface area contributed by atoms with E-state index in [0.717, 1.165) is 34.6 Å². The predicted octanol–water partition coefficient (Wildman–Crippen LogP) is 6.67. The number of fused-ring (bicyclic) bond motifs is 5. The van der Waals surface area contributed by atoms with Crippen molar-refractivity contribution in [3.8, 4) is 11.5 Å². The number of ether oxygens (including phenoxy) is 6. The van der Waals surface area contributed by atoms with E-state index in [1.165, 1.54) is 29.7 Å². The van der Waals surface area contributed by atoms with Gasteiger partial charge in [0.15, 0.2) is 6.29 Å². The average Bonchev–Trinajstić information content (AvgIpc) is 3.89. The minimum absolute atomic E-state index is 0.155. The maximum Gasteiger partial charge on any atom is 0.330 e. The van der Waals surface area contributed by atoms with Crippen LogP contribution in [0.5, 0.6) is 11.5 Å². The van der Waals surface area contributed by atoms with Gasteiger partial charge < -0.3 is 28.4 Å². The summed E-state index contributed by atoms with van der Waals surface area (Å²) in [5.41, 5.74) is 1.11. The molecular weight excluding hydrogens is 672 g/mol. The third kappa shape index (κ3) is 6.04. The van der Waals surface area contributed by atoms with Gasteiger partial charge in [-0.1, -0.05) is 75.4 Å². The highest BCUT2D eigenvalue weighted by molar-refractivity contribution is 5.49. The smallest absolute Gasteiger partial charge is 0.330 e. The summed E-state index contributed by atoms with van der Waals surface area (Å²) >= 11 is 0. The number of hydrogen-bond donors (Lipinski definition) is 1. The Morgan fingerprint density at radius 3 is 2.06 bits per heavy atom. The Morgan fingerprint density at radius 2 is 1.45 bits per heavy atom. The summed E-state index contributed by atoms with van der Waals surface area (Å²) in [5.74, 6) is 2.35. The fourth-order valence-corrected chi connectivity index (χ4v) is 10.1. The molecule has 2 saturated heterocycles. The van der Waals surface area contributed by atoms with E-state index in [2.05, 4.69) is 37.9 Å². The molecule has 4 aliphatic rings. The van der Waals surface area contributed by atoms with Gasteiger partial charge in [-0.15, -0.1) is 0 Å².